The Balaban J connectivity index is 2.28. The van der Waals surface area contributed by atoms with Crippen molar-refractivity contribution in [3.8, 4) is 0 Å². The molecule has 0 aromatic rings. The van der Waals surface area contributed by atoms with Gasteiger partial charge < -0.3 is 69.0 Å². The lowest BCUT2D eigenvalue weighted by atomic mass is 9.80. The van der Waals surface area contributed by atoms with E-state index in [1.54, 1.807) is 41.5 Å². The summed E-state index contributed by atoms with van der Waals surface area (Å²) in [5.41, 5.74) is -1.82. The Bertz CT molecular complexity index is 1030. The normalized spacial score (nSPS) is 35.2. The number of carboxylic acid groups (broad SMARTS) is 3. The third-order valence-corrected chi connectivity index (χ3v) is 7.07. The van der Waals surface area contributed by atoms with Crippen molar-refractivity contribution >= 4 is 30.5 Å². The number of hydrogen-bond donors (Lipinski definition) is 7. The van der Waals surface area contributed by atoms with Crippen molar-refractivity contribution in [2.75, 3.05) is 0 Å². The van der Waals surface area contributed by atoms with Crippen molar-refractivity contribution in [2.45, 2.75) is 127 Å². The van der Waals surface area contributed by atoms with Gasteiger partial charge in [0, 0.05) is 0 Å². The minimum atomic E-state index is -2.05. The smallest absolute Gasteiger partial charge is 0.335 e. The van der Waals surface area contributed by atoms with E-state index in [0.717, 1.165) is 0 Å². The van der Waals surface area contributed by atoms with Gasteiger partial charge in [-0.3, -0.25) is 4.79 Å². The number of aliphatic hydroxyl groups excluding tert-OH is 4. The lowest BCUT2D eigenvalue weighted by Crippen LogP contribution is -2.64. The monoisotopic (exact) mass is 638 g/mol. The lowest BCUT2D eigenvalue weighted by molar-refractivity contribution is -0.318. The molecule has 0 aromatic heterocycles. The first kappa shape index (κ1) is 37.6. The number of hydrogen-bond acceptors (Lipinski definition) is 14. The second kappa shape index (κ2) is 14.7. The van der Waals surface area contributed by atoms with Crippen LogP contribution >= 0.6 is 0 Å². The summed E-state index contributed by atoms with van der Waals surface area (Å²) in [7, 11) is 0. The van der Waals surface area contributed by atoms with E-state index in [4.69, 9.17) is 23.7 Å². The molecule has 2 saturated heterocycles. The van der Waals surface area contributed by atoms with Crippen LogP contribution < -0.4 is 0 Å². The van der Waals surface area contributed by atoms with Gasteiger partial charge in [0.2, 0.25) is 0 Å². The summed E-state index contributed by atoms with van der Waals surface area (Å²) in [5.74, 6) is -6.90. The fourth-order valence-electron chi connectivity index (χ4n) is 4.97. The molecule has 2 fully saturated rings. The van der Waals surface area contributed by atoms with Gasteiger partial charge in [-0.15, -0.1) is 0 Å². The number of carboxylic acids is 3. The molecular weight excluding hydrogens is 596 g/mol. The summed E-state index contributed by atoms with van der Waals surface area (Å²) in [6.45, 7) is 9.54. The molecule has 0 saturated carbocycles. The maximum Gasteiger partial charge on any atom is 0.335 e. The minimum absolute atomic E-state index is 0.0209. The van der Waals surface area contributed by atoms with Crippen LogP contribution in [0, 0.1) is 11.3 Å². The van der Waals surface area contributed by atoms with Gasteiger partial charge >= 0.3 is 17.9 Å². The van der Waals surface area contributed by atoms with Crippen LogP contribution in [-0.4, -0.2) is 145 Å². The predicted molar refractivity (Wildman–Crippen MR) is 142 cm³/mol. The first-order valence-electron chi connectivity index (χ1n) is 13.8. The zero-order valence-corrected chi connectivity index (χ0v) is 25.1. The summed E-state index contributed by atoms with van der Waals surface area (Å²) < 4.78 is 27.0. The maximum absolute atomic E-state index is 12.2. The zero-order chi connectivity index (χ0) is 33.9. The van der Waals surface area contributed by atoms with E-state index >= 15 is 0 Å². The first-order valence-corrected chi connectivity index (χ1v) is 13.8. The number of aliphatic hydroxyl groups is 4. The first-order chi connectivity index (χ1) is 20.1. The molecule has 0 spiro atoms. The highest BCUT2D eigenvalue weighted by molar-refractivity contribution is 5.77. The summed E-state index contributed by atoms with van der Waals surface area (Å²) in [6, 6.07) is 0. The van der Waals surface area contributed by atoms with Crippen molar-refractivity contribution < 1.29 is 83.4 Å². The van der Waals surface area contributed by atoms with Crippen LogP contribution in [0.2, 0.25) is 0 Å². The summed E-state index contributed by atoms with van der Waals surface area (Å²) in [5, 5.41) is 71.7. The average Bonchev–Trinajstić information content (AvgIpc) is 2.89. The van der Waals surface area contributed by atoms with Crippen molar-refractivity contribution in [2.24, 2.45) is 11.3 Å². The number of aldehydes is 2. The van der Waals surface area contributed by atoms with Crippen molar-refractivity contribution in [3.63, 3.8) is 0 Å². The molecule has 7 N–H and O–H groups in total. The average molecular weight is 639 g/mol. The van der Waals surface area contributed by atoms with Gasteiger partial charge in [-0.25, -0.2) is 9.59 Å². The molecule has 0 aliphatic carbocycles. The molecule has 44 heavy (non-hydrogen) atoms. The standard InChI is InChI=1S/C27H42O17/c1-26(2,3)21-15(32)13(30)17(19(42-21)23(36)37)40-10(8-28)7-11(22(34)35)12(9-29)41-25-16(33)14(31)18(44-27(4,5)6)20(43-25)24(38)39/h8-21,25,30-33H,7H2,1-6H3,(H,34,35)(H,36,37)(H,38,39)/t10?,11?,12?,13?,14?,15-,16-,17-,18-,19?,20?,21+,25+/m1/s1. The summed E-state index contributed by atoms with van der Waals surface area (Å²) in [6.07, 6.45) is -22.6. The Morgan fingerprint density at radius 1 is 0.750 bits per heavy atom. The van der Waals surface area contributed by atoms with Crippen LogP contribution in [0.25, 0.3) is 0 Å². The molecule has 0 amide bonds. The second-order valence-corrected chi connectivity index (χ2v) is 12.8. The highest BCUT2D eigenvalue weighted by Crippen LogP contribution is 2.35. The molecule has 2 heterocycles. The Kier molecular flexibility index (Phi) is 12.5. The molecule has 7 unspecified atom stereocenters. The molecule has 2 rings (SSSR count). The third kappa shape index (κ3) is 8.98. The summed E-state index contributed by atoms with van der Waals surface area (Å²) >= 11 is 0. The van der Waals surface area contributed by atoms with Gasteiger partial charge in [0.05, 0.1) is 17.6 Å². The van der Waals surface area contributed by atoms with Gasteiger partial charge in [-0.2, -0.15) is 0 Å². The van der Waals surface area contributed by atoms with Crippen molar-refractivity contribution in [3.05, 3.63) is 0 Å². The van der Waals surface area contributed by atoms with Crippen LogP contribution in [-0.2, 0) is 47.7 Å². The van der Waals surface area contributed by atoms with E-state index in [9.17, 15) is 59.7 Å². The molecule has 17 nitrogen and oxygen atoms in total. The molecule has 0 bridgehead atoms. The van der Waals surface area contributed by atoms with Crippen molar-refractivity contribution in [1.29, 1.82) is 0 Å². The topological polar surface area (TPSA) is 273 Å². The van der Waals surface area contributed by atoms with E-state index in [1.165, 1.54) is 0 Å². The Morgan fingerprint density at radius 2 is 1.27 bits per heavy atom. The molecule has 13 atom stereocenters. The second-order valence-electron chi connectivity index (χ2n) is 12.8. The molecular formula is C27H42O17. The Hall–Kier alpha value is -2.61. The SMILES string of the molecule is CC(C)(C)O[C@H]1C(C(=O)O)O[C@H](OC(C=O)C(CC(C=O)O[C@H]2C(C(=O)O)O[C@H](C(C)(C)C)[C@H](O)C2O)C(=O)O)[C@H](O)C1O. The van der Waals surface area contributed by atoms with Gasteiger partial charge in [-0.05, 0) is 32.6 Å². The number of rotatable bonds is 13. The number of carbonyl (C=O) groups is 5. The van der Waals surface area contributed by atoms with Gasteiger partial charge in [0.15, 0.2) is 18.5 Å². The van der Waals surface area contributed by atoms with Gasteiger partial charge in [0.25, 0.3) is 0 Å². The van der Waals surface area contributed by atoms with Crippen LogP contribution in [0.5, 0.6) is 0 Å². The molecule has 17 heteroatoms. The fourth-order valence-corrected chi connectivity index (χ4v) is 4.97. The fraction of sp³-hybridized carbons (Fsp3) is 0.815. The quantitative estimate of drug-likeness (QED) is 0.107. The van der Waals surface area contributed by atoms with Crippen LogP contribution in [0.1, 0.15) is 48.0 Å². The predicted octanol–water partition coefficient (Wildman–Crippen LogP) is -2.05. The highest BCUT2D eigenvalue weighted by atomic mass is 16.7. The largest absolute Gasteiger partial charge is 0.481 e. The summed E-state index contributed by atoms with van der Waals surface area (Å²) in [4.78, 5) is 59.9. The Labute approximate surface area is 252 Å². The van der Waals surface area contributed by atoms with E-state index < -0.39 is 115 Å². The lowest BCUT2D eigenvalue weighted by Gasteiger charge is -2.46. The number of ether oxygens (including phenoxy) is 5. The van der Waals surface area contributed by atoms with E-state index in [-0.39, 0.29) is 12.6 Å². The van der Waals surface area contributed by atoms with Gasteiger partial charge in [-0.1, -0.05) is 20.8 Å². The highest BCUT2D eigenvalue weighted by Gasteiger charge is 2.54. The molecule has 2 aliphatic rings. The molecule has 0 radical (unpaired) electrons. The maximum atomic E-state index is 12.2. The van der Waals surface area contributed by atoms with Gasteiger partial charge in [0.1, 0.15) is 61.4 Å². The van der Waals surface area contributed by atoms with E-state index in [0.29, 0.717) is 0 Å². The van der Waals surface area contributed by atoms with Crippen LogP contribution in [0.4, 0.5) is 0 Å². The number of carbonyl (C=O) groups excluding carboxylic acids is 2. The van der Waals surface area contributed by atoms with Crippen molar-refractivity contribution in [1.82, 2.24) is 0 Å². The zero-order valence-electron chi connectivity index (χ0n) is 25.1. The minimum Gasteiger partial charge on any atom is -0.481 e. The van der Waals surface area contributed by atoms with Crippen LogP contribution in [0.15, 0.2) is 0 Å². The van der Waals surface area contributed by atoms with Crippen LogP contribution in [0.3, 0.4) is 0 Å². The molecule has 0 aromatic carbocycles. The van der Waals surface area contributed by atoms with E-state index in [2.05, 4.69) is 0 Å². The Morgan fingerprint density at radius 3 is 1.70 bits per heavy atom. The molecule has 2 aliphatic heterocycles. The number of aliphatic carboxylic acids is 3. The third-order valence-electron chi connectivity index (χ3n) is 7.07. The van der Waals surface area contributed by atoms with E-state index in [1.807, 2.05) is 0 Å². The molecule has 252 valence electrons.